The summed E-state index contributed by atoms with van der Waals surface area (Å²) in [6, 6.07) is 0. The van der Waals surface area contributed by atoms with E-state index in [1.807, 2.05) is 0 Å². The molecule has 0 fully saturated rings. The quantitative estimate of drug-likeness (QED) is 0.316. The van der Waals surface area contributed by atoms with E-state index < -0.39 is 7.82 Å². The van der Waals surface area contributed by atoms with Crippen LogP contribution in [-0.4, -0.2) is 32.3 Å². The topological polar surface area (TPSA) is 77.8 Å². The van der Waals surface area contributed by atoms with E-state index in [2.05, 4.69) is 0 Å². The van der Waals surface area contributed by atoms with Gasteiger partial charge in [0.1, 0.15) is 0 Å². The van der Waals surface area contributed by atoms with Gasteiger partial charge in [0.2, 0.25) is 0 Å². The molecule has 0 spiro atoms. The number of phosphoric acid groups is 1. The Labute approximate surface area is 66.4 Å². The number of rotatable bonds is 0. The van der Waals surface area contributed by atoms with E-state index in [9.17, 15) is 0 Å². The molecule has 0 aromatic carbocycles. The molecule has 0 aliphatic heterocycles. The summed E-state index contributed by atoms with van der Waals surface area (Å²) in [6.45, 7) is 0. The summed E-state index contributed by atoms with van der Waals surface area (Å²) in [5.41, 5.74) is 0. The maximum atomic E-state index is 8.88. The fourth-order valence-electron chi connectivity index (χ4n) is 0. The van der Waals surface area contributed by atoms with Crippen molar-refractivity contribution in [1.82, 2.24) is 0 Å². The Morgan fingerprint density at radius 1 is 1.14 bits per heavy atom. The van der Waals surface area contributed by atoms with Gasteiger partial charge in [0, 0.05) is 21.7 Å². The predicted octanol–water partition coefficient (Wildman–Crippen LogP) is -2.38. The van der Waals surface area contributed by atoms with Crippen molar-refractivity contribution in [1.29, 1.82) is 0 Å². The first-order valence-electron chi connectivity index (χ1n) is 0.783. The molecule has 4 nitrogen and oxygen atoms in total. The molecule has 3 N–H and O–H groups in total. The van der Waals surface area contributed by atoms with Gasteiger partial charge in [0.05, 0.1) is 0 Å². The van der Waals surface area contributed by atoms with Crippen molar-refractivity contribution in [3.63, 3.8) is 0 Å². The first kappa shape index (κ1) is 15.8. The Kier molecular flexibility index (Phi) is 12.4. The van der Waals surface area contributed by atoms with E-state index in [1.165, 1.54) is 0 Å². The third kappa shape index (κ3) is 114. The van der Waals surface area contributed by atoms with Crippen LogP contribution in [0.1, 0.15) is 0 Å². The van der Waals surface area contributed by atoms with E-state index in [4.69, 9.17) is 19.2 Å². The van der Waals surface area contributed by atoms with Gasteiger partial charge in [-0.1, -0.05) is 0 Å². The van der Waals surface area contributed by atoms with Gasteiger partial charge in [-0.25, -0.2) is 4.57 Å². The van der Waals surface area contributed by atoms with Crippen LogP contribution in [0.25, 0.3) is 0 Å². The van der Waals surface area contributed by atoms with Gasteiger partial charge in [-0.15, -0.1) is 0 Å². The molecule has 0 aromatic heterocycles. The molecule has 7 heavy (non-hydrogen) atoms. The maximum Gasteiger partial charge on any atom is 0 e. The van der Waals surface area contributed by atoms with Crippen LogP contribution in [0, 0.1) is 0 Å². The molecule has 0 saturated carbocycles. The summed E-state index contributed by atoms with van der Waals surface area (Å²) >= 11 is 0. The third-order valence-electron chi connectivity index (χ3n) is 0. The summed E-state index contributed by atoms with van der Waals surface area (Å²) in [4.78, 5) is 21.6. The van der Waals surface area contributed by atoms with Crippen molar-refractivity contribution < 1.29 is 41.0 Å². The molecule has 0 aliphatic rings. The minimum atomic E-state index is -4.64. The first-order valence-corrected chi connectivity index (χ1v) is 2.35. The van der Waals surface area contributed by atoms with Crippen molar-refractivity contribution in [3.05, 3.63) is 0 Å². The van der Waals surface area contributed by atoms with E-state index in [1.54, 1.807) is 0 Å². The molecule has 44 valence electrons. The predicted molar refractivity (Wildman–Crippen MR) is 25.6 cm³/mol. The Balaban J connectivity index is -0.0000000800. The van der Waals surface area contributed by atoms with E-state index in [0.29, 0.717) is 0 Å². The van der Waals surface area contributed by atoms with Crippen molar-refractivity contribution in [3.8, 4) is 0 Å². The minimum absolute atomic E-state index is 0. The van der Waals surface area contributed by atoms with Crippen LogP contribution in [-0.2, 0) is 26.3 Å². The standard InChI is InChI=1S/GeH4.H3O4P.Ti/c;1-5(2,3)4;/h1H4;(H3,1,2,3,4);. The fraction of sp³-hybridized carbons (Fsp3) is 0. The smallest absolute Gasteiger partial charge is 0 e. The monoisotopic (exact) mass is 224 g/mol. The molecule has 0 rings (SSSR count). The van der Waals surface area contributed by atoms with E-state index in [-0.39, 0.29) is 39.3 Å². The summed E-state index contributed by atoms with van der Waals surface area (Å²) < 4.78 is 8.88. The van der Waals surface area contributed by atoms with Gasteiger partial charge >= 0.3 is 25.4 Å². The maximum absolute atomic E-state index is 8.88. The summed E-state index contributed by atoms with van der Waals surface area (Å²) in [5, 5.41) is 0. The van der Waals surface area contributed by atoms with Crippen LogP contribution in [0.15, 0.2) is 0 Å². The molecule has 7 heteroatoms. The number of hydrogen-bond acceptors (Lipinski definition) is 1. The van der Waals surface area contributed by atoms with Gasteiger partial charge in [0.25, 0.3) is 0 Å². The average molecular weight is 223 g/mol. The molecule has 0 unspecified atom stereocenters. The van der Waals surface area contributed by atoms with Crippen molar-refractivity contribution in [2.75, 3.05) is 0 Å². The zero-order chi connectivity index (χ0) is 4.50. The second kappa shape index (κ2) is 5.50. The molecular weight excluding hydrogens is 215 g/mol. The van der Waals surface area contributed by atoms with Crippen molar-refractivity contribution in [2.24, 2.45) is 0 Å². The van der Waals surface area contributed by atoms with E-state index >= 15 is 0 Å². The second-order valence-electron chi connectivity index (χ2n) is 0.513. The van der Waals surface area contributed by atoms with Crippen LogP contribution in [0.3, 0.4) is 0 Å². The van der Waals surface area contributed by atoms with Crippen molar-refractivity contribution in [2.45, 2.75) is 0 Å². The van der Waals surface area contributed by atoms with Crippen LogP contribution in [0.4, 0.5) is 0 Å². The molecule has 0 saturated heterocycles. The van der Waals surface area contributed by atoms with Gasteiger partial charge in [-0.3, -0.25) is 0 Å². The summed E-state index contributed by atoms with van der Waals surface area (Å²) in [5.74, 6) is 0. The van der Waals surface area contributed by atoms with Crippen LogP contribution in [0.5, 0.6) is 0 Å². The largest absolute Gasteiger partial charge is 0 e. The number of hydrogen-bond donors (Lipinski definition) is 3. The molecule has 0 atom stereocenters. The third-order valence-corrected chi connectivity index (χ3v) is 0. The second-order valence-corrected chi connectivity index (χ2v) is 1.54. The molecule has 0 heterocycles. The Morgan fingerprint density at radius 3 is 1.14 bits per heavy atom. The van der Waals surface area contributed by atoms with Crippen LogP contribution >= 0.6 is 7.82 Å². The normalized spacial score (nSPS) is 8.43. The Morgan fingerprint density at radius 2 is 1.14 bits per heavy atom. The van der Waals surface area contributed by atoms with Crippen LogP contribution in [0.2, 0.25) is 0 Å². The Bertz CT molecular complexity index is 57.8. The minimum Gasteiger partial charge on any atom is 0 e. The van der Waals surface area contributed by atoms with Gasteiger partial charge in [-0.05, 0) is 0 Å². The fourth-order valence-corrected chi connectivity index (χ4v) is 0. The zero-order valence-electron chi connectivity index (χ0n) is 2.70. The van der Waals surface area contributed by atoms with Gasteiger partial charge in [-0.2, -0.15) is 0 Å². The van der Waals surface area contributed by atoms with Crippen molar-refractivity contribution >= 4 is 25.4 Å². The molecule has 0 radical (unpaired) electrons. The van der Waals surface area contributed by atoms with Crippen LogP contribution < -0.4 is 0 Å². The first-order chi connectivity index (χ1) is 2.00. The van der Waals surface area contributed by atoms with Gasteiger partial charge < -0.3 is 14.7 Å². The molecule has 0 aromatic rings. The molecule has 0 aliphatic carbocycles. The molecular formula is H7GeO4PTi. The average Bonchev–Trinajstić information content (AvgIpc) is 0.722. The Hall–Kier alpha value is 1.37. The van der Waals surface area contributed by atoms with Gasteiger partial charge in [0.15, 0.2) is 0 Å². The molecule has 0 bridgehead atoms. The van der Waals surface area contributed by atoms with E-state index in [0.717, 1.165) is 0 Å². The summed E-state index contributed by atoms with van der Waals surface area (Å²) in [7, 11) is -4.64. The molecule has 0 amide bonds. The zero-order valence-corrected chi connectivity index (χ0v) is 5.15. The summed E-state index contributed by atoms with van der Waals surface area (Å²) in [6.07, 6.45) is 0. The SMILES string of the molecule is O=P(O)(O)O.[GeH4].[Ti].